The zero-order valence-electron chi connectivity index (χ0n) is 9.86. The van der Waals surface area contributed by atoms with Gasteiger partial charge >= 0.3 is 0 Å². The van der Waals surface area contributed by atoms with Crippen LogP contribution in [0.5, 0.6) is 0 Å². The van der Waals surface area contributed by atoms with E-state index in [2.05, 4.69) is 24.1 Å². The molecular weight excluding hydrogens is 218 g/mol. The molecule has 0 radical (unpaired) electrons. The third-order valence-electron chi connectivity index (χ3n) is 2.53. The Morgan fingerprint density at radius 3 is 2.69 bits per heavy atom. The van der Waals surface area contributed by atoms with Crippen LogP contribution in [0.1, 0.15) is 38.7 Å². The van der Waals surface area contributed by atoms with E-state index in [9.17, 15) is 0 Å². The highest BCUT2D eigenvalue weighted by Gasteiger charge is 2.05. The van der Waals surface area contributed by atoms with Gasteiger partial charge in [0.2, 0.25) is 0 Å². The maximum Gasteiger partial charge on any atom is 0.126 e. The standard InChI is InChI=1S/C12H19N3S/c1-3-5-10(4-2)15-11-7-6-9(8-14-11)12(13)16/h6-8,10H,3-5H2,1-2H3,(H2,13,16)(H,14,15). The number of aromatic nitrogens is 1. The normalized spacial score (nSPS) is 12.1. The fourth-order valence-corrected chi connectivity index (χ4v) is 1.68. The van der Waals surface area contributed by atoms with Gasteiger partial charge in [-0.05, 0) is 25.0 Å². The lowest BCUT2D eigenvalue weighted by molar-refractivity contribution is 0.620. The van der Waals surface area contributed by atoms with Gasteiger partial charge in [-0.25, -0.2) is 4.98 Å². The number of rotatable bonds is 6. The van der Waals surface area contributed by atoms with Gasteiger partial charge in [0.05, 0.1) is 0 Å². The van der Waals surface area contributed by atoms with Crippen LogP contribution < -0.4 is 11.1 Å². The Kier molecular flexibility index (Phi) is 5.19. The van der Waals surface area contributed by atoms with Gasteiger partial charge in [-0.2, -0.15) is 0 Å². The smallest absolute Gasteiger partial charge is 0.126 e. The maximum atomic E-state index is 5.51. The van der Waals surface area contributed by atoms with Crippen LogP contribution in [-0.4, -0.2) is 16.0 Å². The third kappa shape index (κ3) is 3.77. The second kappa shape index (κ2) is 6.43. The fraction of sp³-hybridized carbons (Fsp3) is 0.500. The van der Waals surface area contributed by atoms with Crippen molar-refractivity contribution in [2.75, 3.05) is 5.32 Å². The molecule has 0 saturated heterocycles. The SMILES string of the molecule is CCCC(CC)Nc1ccc(C(N)=S)cn1. The lowest BCUT2D eigenvalue weighted by Gasteiger charge is -2.16. The summed E-state index contributed by atoms with van der Waals surface area (Å²) in [6.07, 6.45) is 5.15. The maximum absolute atomic E-state index is 5.51. The summed E-state index contributed by atoms with van der Waals surface area (Å²) in [7, 11) is 0. The summed E-state index contributed by atoms with van der Waals surface area (Å²) < 4.78 is 0. The number of nitrogens with one attached hydrogen (secondary N) is 1. The molecule has 1 atom stereocenters. The van der Waals surface area contributed by atoms with Crippen LogP contribution >= 0.6 is 12.2 Å². The Morgan fingerprint density at radius 1 is 1.50 bits per heavy atom. The van der Waals surface area contributed by atoms with Gasteiger partial charge in [0.15, 0.2) is 0 Å². The summed E-state index contributed by atoms with van der Waals surface area (Å²) in [6.45, 7) is 4.37. The molecular formula is C12H19N3S. The average molecular weight is 237 g/mol. The Morgan fingerprint density at radius 2 is 2.25 bits per heavy atom. The highest BCUT2D eigenvalue weighted by molar-refractivity contribution is 7.80. The molecule has 16 heavy (non-hydrogen) atoms. The van der Waals surface area contributed by atoms with Crippen LogP contribution in [0.4, 0.5) is 5.82 Å². The second-order valence-corrected chi connectivity index (χ2v) is 4.27. The van der Waals surface area contributed by atoms with E-state index >= 15 is 0 Å². The molecule has 0 aromatic carbocycles. The Labute approximate surface area is 102 Å². The van der Waals surface area contributed by atoms with E-state index in [0.717, 1.165) is 24.2 Å². The van der Waals surface area contributed by atoms with Crippen LogP contribution in [0.25, 0.3) is 0 Å². The number of thiocarbonyl (C=S) groups is 1. The molecule has 0 spiro atoms. The first-order valence-corrected chi connectivity index (χ1v) is 6.10. The van der Waals surface area contributed by atoms with Gasteiger partial charge in [0.25, 0.3) is 0 Å². The number of hydrogen-bond donors (Lipinski definition) is 2. The van der Waals surface area contributed by atoms with Crippen molar-refractivity contribution < 1.29 is 0 Å². The van der Waals surface area contributed by atoms with Crippen molar-refractivity contribution in [1.29, 1.82) is 0 Å². The molecule has 3 N–H and O–H groups in total. The molecule has 0 aliphatic rings. The van der Waals surface area contributed by atoms with Crippen LogP contribution in [0.2, 0.25) is 0 Å². The molecule has 1 unspecified atom stereocenters. The van der Waals surface area contributed by atoms with Crippen LogP contribution in [-0.2, 0) is 0 Å². The first-order valence-electron chi connectivity index (χ1n) is 5.69. The first-order chi connectivity index (χ1) is 7.67. The minimum absolute atomic E-state index is 0.389. The molecule has 1 rings (SSSR count). The number of hydrogen-bond acceptors (Lipinski definition) is 3. The molecule has 1 aromatic heterocycles. The first kappa shape index (κ1) is 12.9. The van der Waals surface area contributed by atoms with Gasteiger partial charge in [-0.3, -0.25) is 0 Å². The lowest BCUT2D eigenvalue weighted by atomic mass is 10.1. The van der Waals surface area contributed by atoms with E-state index in [1.165, 1.54) is 6.42 Å². The summed E-state index contributed by atoms with van der Waals surface area (Å²) in [4.78, 5) is 4.68. The van der Waals surface area contributed by atoms with Gasteiger partial charge in [-0.1, -0.05) is 32.5 Å². The van der Waals surface area contributed by atoms with E-state index in [-0.39, 0.29) is 0 Å². The highest BCUT2D eigenvalue weighted by Crippen LogP contribution is 2.11. The van der Waals surface area contributed by atoms with Crippen molar-refractivity contribution >= 4 is 23.0 Å². The monoisotopic (exact) mass is 237 g/mol. The summed E-state index contributed by atoms with van der Waals surface area (Å²) >= 11 is 4.87. The predicted octanol–water partition coefficient (Wildman–Crippen LogP) is 2.71. The topological polar surface area (TPSA) is 50.9 Å². The zero-order chi connectivity index (χ0) is 12.0. The number of nitrogens with two attached hydrogens (primary N) is 1. The molecule has 1 aromatic rings. The molecule has 0 aliphatic carbocycles. The minimum Gasteiger partial charge on any atom is -0.389 e. The summed E-state index contributed by atoms with van der Waals surface area (Å²) in [6, 6.07) is 4.32. The van der Waals surface area contributed by atoms with Crippen LogP contribution in [0.15, 0.2) is 18.3 Å². The lowest BCUT2D eigenvalue weighted by Crippen LogP contribution is -2.19. The summed E-state index contributed by atoms with van der Waals surface area (Å²) in [5, 5.41) is 3.40. The fourth-order valence-electron chi connectivity index (χ4n) is 1.56. The molecule has 0 aliphatic heterocycles. The summed E-state index contributed by atoms with van der Waals surface area (Å²) in [5.41, 5.74) is 6.32. The summed E-state index contributed by atoms with van der Waals surface area (Å²) in [5.74, 6) is 0.889. The van der Waals surface area contributed by atoms with Crippen molar-refractivity contribution in [3.8, 4) is 0 Å². The molecule has 4 heteroatoms. The van der Waals surface area contributed by atoms with Gasteiger partial charge in [0, 0.05) is 17.8 Å². The Bertz CT molecular complexity index is 335. The molecule has 0 amide bonds. The van der Waals surface area contributed by atoms with Crippen LogP contribution in [0.3, 0.4) is 0 Å². The Hall–Kier alpha value is -1.16. The third-order valence-corrected chi connectivity index (χ3v) is 2.77. The van der Waals surface area contributed by atoms with E-state index in [1.54, 1.807) is 6.20 Å². The quantitative estimate of drug-likeness (QED) is 0.747. The van der Waals surface area contributed by atoms with E-state index < -0.39 is 0 Å². The number of pyridine rings is 1. The van der Waals surface area contributed by atoms with Crippen molar-refractivity contribution in [1.82, 2.24) is 4.98 Å². The van der Waals surface area contributed by atoms with Gasteiger partial charge in [-0.15, -0.1) is 0 Å². The minimum atomic E-state index is 0.389. The van der Waals surface area contributed by atoms with Crippen molar-refractivity contribution in [3.63, 3.8) is 0 Å². The molecule has 1 heterocycles. The Balaban J connectivity index is 2.63. The second-order valence-electron chi connectivity index (χ2n) is 3.83. The highest BCUT2D eigenvalue weighted by atomic mass is 32.1. The molecule has 0 fully saturated rings. The molecule has 0 bridgehead atoms. The van der Waals surface area contributed by atoms with Crippen molar-refractivity contribution in [2.45, 2.75) is 39.2 Å². The number of nitrogens with zero attached hydrogens (tertiary/aromatic N) is 1. The number of anilines is 1. The van der Waals surface area contributed by atoms with Crippen molar-refractivity contribution in [3.05, 3.63) is 23.9 Å². The molecule has 88 valence electrons. The van der Waals surface area contributed by atoms with Gasteiger partial charge < -0.3 is 11.1 Å². The van der Waals surface area contributed by atoms with Crippen molar-refractivity contribution in [2.24, 2.45) is 5.73 Å². The largest absolute Gasteiger partial charge is 0.389 e. The predicted molar refractivity (Wildman–Crippen MR) is 72.7 cm³/mol. The van der Waals surface area contributed by atoms with E-state index in [1.807, 2.05) is 12.1 Å². The molecule has 3 nitrogen and oxygen atoms in total. The van der Waals surface area contributed by atoms with E-state index in [0.29, 0.717) is 11.0 Å². The van der Waals surface area contributed by atoms with Gasteiger partial charge in [0.1, 0.15) is 10.8 Å². The average Bonchev–Trinajstić information content (AvgIpc) is 2.29. The van der Waals surface area contributed by atoms with Crippen LogP contribution in [0, 0.1) is 0 Å². The zero-order valence-corrected chi connectivity index (χ0v) is 10.7. The molecule has 0 saturated carbocycles. The van der Waals surface area contributed by atoms with E-state index in [4.69, 9.17) is 18.0 Å².